The van der Waals surface area contributed by atoms with Gasteiger partial charge in [0.2, 0.25) is 0 Å². The van der Waals surface area contributed by atoms with Crippen LogP contribution in [0.1, 0.15) is 48.0 Å². The molecule has 0 aliphatic heterocycles. The van der Waals surface area contributed by atoms with Crippen molar-refractivity contribution in [3.8, 4) is 0 Å². The van der Waals surface area contributed by atoms with Gasteiger partial charge in [-0.15, -0.1) is 0 Å². The minimum Gasteiger partial charge on any atom is -0.457 e. The maximum absolute atomic E-state index is 11.9. The minimum atomic E-state index is -0.215. The number of hydrogen-bond acceptors (Lipinski definition) is 3. The lowest BCUT2D eigenvalue weighted by Gasteiger charge is -2.20. The average Bonchev–Trinajstić information content (AvgIpc) is 3.08. The van der Waals surface area contributed by atoms with Crippen LogP contribution in [0.15, 0.2) is 24.3 Å². The van der Waals surface area contributed by atoms with Crippen molar-refractivity contribution in [3.05, 3.63) is 35.4 Å². The lowest BCUT2D eigenvalue weighted by atomic mass is 9.86. The van der Waals surface area contributed by atoms with E-state index in [-0.39, 0.29) is 18.4 Å². The molecule has 3 heteroatoms. The highest BCUT2D eigenvalue weighted by Gasteiger charge is 2.40. The largest absolute Gasteiger partial charge is 0.457 e. The fourth-order valence-electron chi connectivity index (χ4n) is 3.87. The predicted molar refractivity (Wildman–Crippen MR) is 80.0 cm³/mol. The summed E-state index contributed by atoms with van der Waals surface area (Å²) in [6, 6.07) is 7.34. The van der Waals surface area contributed by atoms with Gasteiger partial charge >= 0.3 is 5.97 Å². The van der Waals surface area contributed by atoms with Crippen molar-refractivity contribution >= 4 is 11.8 Å². The molecule has 2 aliphatic carbocycles. The van der Waals surface area contributed by atoms with E-state index < -0.39 is 0 Å². The van der Waals surface area contributed by atoms with Gasteiger partial charge in [0.1, 0.15) is 0 Å². The second-order valence-corrected chi connectivity index (χ2v) is 6.59. The number of Topliss-reactive ketones (excluding diaryl/α,β-unsaturated/α-hetero) is 1. The Labute approximate surface area is 125 Å². The Morgan fingerprint density at radius 1 is 1.14 bits per heavy atom. The fraction of sp³-hybridized carbons (Fsp3) is 0.556. The molecule has 3 rings (SSSR count). The van der Waals surface area contributed by atoms with E-state index >= 15 is 0 Å². The van der Waals surface area contributed by atoms with Gasteiger partial charge in [0.15, 0.2) is 12.4 Å². The molecule has 3 atom stereocenters. The third-order valence-corrected chi connectivity index (χ3v) is 5.05. The Morgan fingerprint density at radius 3 is 2.52 bits per heavy atom. The number of fused-ring (bicyclic) bond motifs is 2. The second kappa shape index (κ2) is 6.00. The number of benzene rings is 1. The van der Waals surface area contributed by atoms with Crippen LogP contribution in [-0.4, -0.2) is 18.4 Å². The molecule has 1 aromatic carbocycles. The van der Waals surface area contributed by atoms with Gasteiger partial charge in [-0.05, 0) is 43.9 Å². The van der Waals surface area contributed by atoms with Crippen LogP contribution in [0.5, 0.6) is 0 Å². The van der Waals surface area contributed by atoms with Gasteiger partial charge in [0.25, 0.3) is 0 Å². The van der Waals surface area contributed by atoms with E-state index in [0.717, 1.165) is 17.4 Å². The van der Waals surface area contributed by atoms with Crippen molar-refractivity contribution in [2.45, 2.75) is 39.0 Å². The summed E-state index contributed by atoms with van der Waals surface area (Å²) in [5.74, 6) is 1.70. The van der Waals surface area contributed by atoms with Crippen molar-refractivity contribution in [2.75, 3.05) is 6.61 Å². The van der Waals surface area contributed by atoms with E-state index in [1.54, 1.807) is 12.1 Å². The van der Waals surface area contributed by atoms with E-state index in [4.69, 9.17) is 4.74 Å². The van der Waals surface area contributed by atoms with Gasteiger partial charge in [0, 0.05) is 12.0 Å². The van der Waals surface area contributed by atoms with Crippen LogP contribution in [-0.2, 0) is 9.53 Å². The third-order valence-electron chi connectivity index (χ3n) is 5.05. The van der Waals surface area contributed by atoms with Gasteiger partial charge in [-0.25, -0.2) is 0 Å². The summed E-state index contributed by atoms with van der Waals surface area (Å²) in [7, 11) is 0. The van der Waals surface area contributed by atoms with Crippen LogP contribution < -0.4 is 0 Å². The Kier molecular flexibility index (Phi) is 4.09. The van der Waals surface area contributed by atoms with Crippen LogP contribution in [0, 0.1) is 24.7 Å². The van der Waals surface area contributed by atoms with Crippen LogP contribution in [0.25, 0.3) is 0 Å². The van der Waals surface area contributed by atoms with Crippen LogP contribution >= 0.6 is 0 Å². The quantitative estimate of drug-likeness (QED) is 0.614. The molecular weight excluding hydrogens is 264 g/mol. The molecule has 3 nitrogen and oxygen atoms in total. The number of carbonyl (C=O) groups excluding carboxylic acids is 2. The van der Waals surface area contributed by atoms with Crippen molar-refractivity contribution in [1.29, 1.82) is 0 Å². The first-order valence-corrected chi connectivity index (χ1v) is 7.87. The Balaban J connectivity index is 1.45. The average molecular weight is 286 g/mol. The fourth-order valence-corrected chi connectivity index (χ4v) is 3.87. The first-order valence-electron chi connectivity index (χ1n) is 7.87. The smallest absolute Gasteiger partial charge is 0.306 e. The zero-order valence-corrected chi connectivity index (χ0v) is 12.5. The van der Waals surface area contributed by atoms with Crippen molar-refractivity contribution in [2.24, 2.45) is 17.8 Å². The molecule has 0 heterocycles. The number of rotatable bonds is 5. The summed E-state index contributed by atoms with van der Waals surface area (Å²) in [5, 5.41) is 0. The monoisotopic (exact) mass is 286 g/mol. The molecule has 0 N–H and O–H groups in total. The van der Waals surface area contributed by atoms with E-state index in [2.05, 4.69) is 0 Å². The summed E-state index contributed by atoms with van der Waals surface area (Å²) < 4.78 is 5.17. The molecule has 0 aromatic heterocycles. The van der Waals surface area contributed by atoms with Crippen molar-refractivity contribution < 1.29 is 14.3 Å². The number of ether oxygens (including phenoxy) is 1. The Morgan fingerprint density at radius 2 is 1.90 bits per heavy atom. The van der Waals surface area contributed by atoms with Gasteiger partial charge in [-0.1, -0.05) is 36.2 Å². The summed E-state index contributed by atoms with van der Waals surface area (Å²) in [4.78, 5) is 23.8. The molecular formula is C18H22O3. The van der Waals surface area contributed by atoms with Crippen LogP contribution in [0.2, 0.25) is 0 Å². The molecule has 2 fully saturated rings. The number of aryl methyl sites for hydroxylation is 1. The molecule has 112 valence electrons. The zero-order chi connectivity index (χ0) is 14.8. The lowest BCUT2D eigenvalue weighted by Crippen LogP contribution is -2.19. The summed E-state index contributed by atoms with van der Waals surface area (Å²) in [6.07, 6.45) is 5.56. The van der Waals surface area contributed by atoms with Crippen molar-refractivity contribution in [1.82, 2.24) is 0 Å². The summed E-state index contributed by atoms with van der Waals surface area (Å²) in [5.41, 5.74) is 1.72. The summed E-state index contributed by atoms with van der Waals surface area (Å²) >= 11 is 0. The Hall–Kier alpha value is -1.64. The third kappa shape index (κ3) is 3.34. The standard InChI is InChI=1S/C18H22O3/c1-12-2-5-14(6-3-12)17(19)11-21-18(20)10-16-9-13-4-7-15(16)8-13/h2-3,5-6,13,15-16H,4,7-11H2,1H3/t13-,15+,16+/m0/s1. The summed E-state index contributed by atoms with van der Waals surface area (Å²) in [6.45, 7) is 1.84. The molecule has 0 amide bonds. The highest BCUT2D eigenvalue weighted by atomic mass is 16.5. The topological polar surface area (TPSA) is 43.4 Å². The first-order chi connectivity index (χ1) is 10.1. The molecule has 0 spiro atoms. The molecule has 0 saturated heterocycles. The van der Waals surface area contributed by atoms with E-state index in [1.165, 1.54) is 25.7 Å². The molecule has 0 radical (unpaired) electrons. The normalized spacial score (nSPS) is 26.8. The SMILES string of the molecule is Cc1ccc(C(=O)COC(=O)C[C@H]2C[C@H]3CC[C@@H]2C3)cc1. The van der Waals surface area contributed by atoms with Crippen LogP contribution in [0.3, 0.4) is 0 Å². The van der Waals surface area contributed by atoms with E-state index in [9.17, 15) is 9.59 Å². The van der Waals surface area contributed by atoms with Gasteiger partial charge in [-0.3, -0.25) is 9.59 Å². The number of ketones is 1. The highest BCUT2D eigenvalue weighted by Crippen LogP contribution is 2.49. The maximum atomic E-state index is 11.9. The number of carbonyl (C=O) groups is 2. The predicted octanol–water partition coefficient (Wildman–Crippen LogP) is 3.55. The van der Waals surface area contributed by atoms with E-state index in [0.29, 0.717) is 17.9 Å². The molecule has 2 saturated carbocycles. The van der Waals surface area contributed by atoms with Gasteiger partial charge in [0.05, 0.1) is 0 Å². The number of hydrogen-bond donors (Lipinski definition) is 0. The number of esters is 1. The van der Waals surface area contributed by atoms with Crippen molar-refractivity contribution in [3.63, 3.8) is 0 Å². The minimum absolute atomic E-state index is 0.128. The zero-order valence-electron chi connectivity index (χ0n) is 12.5. The molecule has 21 heavy (non-hydrogen) atoms. The van der Waals surface area contributed by atoms with Gasteiger partial charge < -0.3 is 4.74 Å². The Bertz CT molecular complexity index is 532. The first kappa shape index (κ1) is 14.3. The molecule has 1 aromatic rings. The molecule has 0 unspecified atom stereocenters. The van der Waals surface area contributed by atoms with Gasteiger partial charge in [-0.2, -0.15) is 0 Å². The van der Waals surface area contributed by atoms with Crippen LogP contribution in [0.4, 0.5) is 0 Å². The maximum Gasteiger partial charge on any atom is 0.306 e. The highest BCUT2D eigenvalue weighted by molar-refractivity contribution is 5.97. The molecule has 2 aliphatic rings. The molecule has 2 bridgehead atoms. The lowest BCUT2D eigenvalue weighted by molar-refractivity contribution is -0.144. The second-order valence-electron chi connectivity index (χ2n) is 6.59. The van der Waals surface area contributed by atoms with E-state index in [1.807, 2.05) is 19.1 Å².